The minimum Gasteiger partial charge on any atom is -0.338 e. The minimum absolute atomic E-state index is 0.0295. The quantitative estimate of drug-likeness (QED) is 0.812. The van der Waals surface area contributed by atoms with E-state index in [2.05, 4.69) is 14.9 Å². The average Bonchev–Trinajstić information content (AvgIpc) is 3.15. The van der Waals surface area contributed by atoms with Gasteiger partial charge in [0.25, 0.3) is 5.91 Å². The Labute approximate surface area is 147 Å². The molecule has 0 saturated carbocycles. The van der Waals surface area contributed by atoms with E-state index in [1.54, 1.807) is 23.2 Å². The van der Waals surface area contributed by atoms with Crippen LogP contribution < -0.4 is 4.72 Å². The van der Waals surface area contributed by atoms with Gasteiger partial charge in [0.1, 0.15) is 0 Å². The highest BCUT2D eigenvalue weighted by molar-refractivity contribution is 7.88. The Morgan fingerprint density at radius 2 is 2.12 bits per heavy atom. The van der Waals surface area contributed by atoms with E-state index in [0.717, 1.165) is 18.4 Å². The van der Waals surface area contributed by atoms with Crippen LogP contribution in [0.5, 0.6) is 0 Å². The van der Waals surface area contributed by atoms with Gasteiger partial charge in [0.05, 0.1) is 17.5 Å². The van der Waals surface area contributed by atoms with Crippen molar-refractivity contribution >= 4 is 15.9 Å². The number of benzene rings is 1. The van der Waals surface area contributed by atoms with Gasteiger partial charge < -0.3 is 4.90 Å². The van der Waals surface area contributed by atoms with Crippen LogP contribution in [0.3, 0.4) is 0 Å². The number of piperidine rings is 1. The van der Waals surface area contributed by atoms with E-state index in [4.69, 9.17) is 0 Å². The molecule has 25 heavy (non-hydrogen) atoms. The van der Waals surface area contributed by atoms with E-state index >= 15 is 0 Å². The summed E-state index contributed by atoms with van der Waals surface area (Å²) in [7, 11) is -3.38. The summed E-state index contributed by atoms with van der Waals surface area (Å²) < 4.78 is 27.2. The first kappa shape index (κ1) is 17.6. The predicted molar refractivity (Wildman–Crippen MR) is 94.3 cm³/mol. The van der Waals surface area contributed by atoms with Crippen LogP contribution in [0.25, 0.3) is 0 Å². The lowest BCUT2D eigenvalue weighted by Gasteiger charge is -2.32. The van der Waals surface area contributed by atoms with Crippen molar-refractivity contribution in [1.29, 1.82) is 0 Å². The number of carbonyl (C=O) groups excluding carboxylic acids is 1. The molecule has 1 aliphatic heterocycles. The zero-order valence-electron chi connectivity index (χ0n) is 13.9. The van der Waals surface area contributed by atoms with Gasteiger partial charge in [0, 0.05) is 25.8 Å². The number of H-pyrrole nitrogens is 1. The third-order valence-electron chi connectivity index (χ3n) is 4.34. The van der Waals surface area contributed by atoms with Crippen LogP contribution in [-0.4, -0.2) is 49.1 Å². The van der Waals surface area contributed by atoms with Crippen LogP contribution in [0.2, 0.25) is 0 Å². The minimum atomic E-state index is -3.38. The normalized spacial score (nSPS) is 18.2. The van der Waals surface area contributed by atoms with Gasteiger partial charge in [-0.1, -0.05) is 30.3 Å². The average molecular weight is 362 g/mol. The summed E-state index contributed by atoms with van der Waals surface area (Å²) >= 11 is 0. The lowest BCUT2D eigenvalue weighted by Crippen LogP contribution is -2.43. The van der Waals surface area contributed by atoms with Crippen LogP contribution in [0.1, 0.15) is 28.8 Å². The number of nitrogens with zero attached hydrogens (tertiary/aromatic N) is 2. The van der Waals surface area contributed by atoms with E-state index in [9.17, 15) is 13.2 Å². The van der Waals surface area contributed by atoms with Crippen molar-refractivity contribution in [2.75, 3.05) is 19.6 Å². The van der Waals surface area contributed by atoms with Gasteiger partial charge in [-0.25, -0.2) is 13.1 Å². The third kappa shape index (κ3) is 4.90. The number of nitrogens with one attached hydrogen (secondary N) is 2. The second kappa shape index (κ2) is 7.79. The predicted octanol–water partition coefficient (Wildman–Crippen LogP) is 1.38. The number of hydrogen-bond donors (Lipinski definition) is 2. The summed E-state index contributed by atoms with van der Waals surface area (Å²) in [5.74, 6) is 0.0267. The summed E-state index contributed by atoms with van der Waals surface area (Å²) in [5.41, 5.74) is 1.29. The van der Waals surface area contributed by atoms with Crippen molar-refractivity contribution in [2.45, 2.75) is 18.6 Å². The van der Waals surface area contributed by atoms with E-state index in [-0.39, 0.29) is 17.6 Å². The number of sulfonamides is 1. The van der Waals surface area contributed by atoms with Crippen LogP contribution in [-0.2, 0) is 15.8 Å². The summed E-state index contributed by atoms with van der Waals surface area (Å²) in [5, 5.41) is 6.44. The molecule has 0 bridgehead atoms. The Balaban J connectivity index is 1.53. The highest BCUT2D eigenvalue weighted by Gasteiger charge is 2.26. The number of carbonyl (C=O) groups is 1. The van der Waals surface area contributed by atoms with Gasteiger partial charge in [0.2, 0.25) is 10.0 Å². The molecule has 0 unspecified atom stereocenters. The Hall–Kier alpha value is -2.19. The third-order valence-corrected chi connectivity index (χ3v) is 5.66. The van der Waals surface area contributed by atoms with Crippen molar-refractivity contribution < 1.29 is 13.2 Å². The fourth-order valence-corrected chi connectivity index (χ4v) is 4.28. The first-order valence-corrected chi connectivity index (χ1v) is 9.98. The standard InChI is InChI=1S/C17H22N4O3S/c22-17(16-10-18-19-11-16)21-8-4-7-15(12-21)9-20-25(23,24)13-14-5-2-1-3-6-14/h1-3,5-6,10-11,15,20H,4,7-9,12-13H2,(H,18,19)/t15-/m1/s1. The molecular weight excluding hydrogens is 340 g/mol. The Morgan fingerprint density at radius 3 is 2.84 bits per heavy atom. The summed E-state index contributed by atoms with van der Waals surface area (Å²) in [6.45, 7) is 1.60. The van der Waals surface area contributed by atoms with Crippen LogP contribution >= 0.6 is 0 Å². The van der Waals surface area contributed by atoms with Crippen LogP contribution in [0.15, 0.2) is 42.7 Å². The molecule has 3 rings (SSSR count). The fourth-order valence-electron chi connectivity index (χ4n) is 3.06. The van der Waals surface area contributed by atoms with Gasteiger partial charge in [-0.2, -0.15) is 5.10 Å². The second-order valence-corrected chi connectivity index (χ2v) is 8.15. The molecule has 8 heteroatoms. The first-order chi connectivity index (χ1) is 12.0. The van der Waals surface area contributed by atoms with E-state index in [0.29, 0.717) is 25.2 Å². The van der Waals surface area contributed by atoms with Crippen LogP contribution in [0, 0.1) is 5.92 Å². The first-order valence-electron chi connectivity index (χ1n) is 8.33. The molecule has 2 heterocycles. The number of aromatic nitrogens is 2. The van der Waals surface area contributed by atoms with Crippen molar-refractivity contribution in [3.8, 4) is 0 Å². The van der Waals surface area contributed by atoms with Crippen molar-refractivity contribution in [3.63, 3.8) is 0 Å². The van der Waals surface area contributed by atoms with E-state index < -0.39 is 10.0 Å². The topological polar surface area (TPSA) is 95.2 Å². The second-order valence-electron chi connectivity index (χ2n) is 6.34. The molecular formula is C17H22N4O3S. The lowest BCUT2D eigenvalue weighted by atomic mass is 9.98. The highest BCUT2D eigenvalue weighted by Crippen LogP contribution is 2.18. The number of hydrogen-bond acceptors (Lipinski definition) is 4. The van der Waals surface area contributed by atoms with Gasteiger partial charge in [0.15, 0.2) is 0 Å². The number of rotatable bonds is 6. The maximum absolute atomic E-state index is 12.4. The molecule has 0 radical (unpaired) electrons. The highest BCUT2D eigenvalue weighted by atomic mass is 32.2. The van der Waals surface area contributed by atoms with Crippen molar-refractivity contribution in [3.05, 3.63) is 53.9 Å². The smallest absolute Gasteiger partial charge is 0.257 e. The lowest BCUT2D eigenvalue weighted by molar-refractivity contribution is 0.0676. The van der Waals surface area contributed by atoms with E-state index in [1.165, 1.54) is 6.20 Å². The summed E-state index contributed by atoms with van der Waals surface area (Å²) in [4.78, 5) is 14.1. The van der Waals surface area contributed by atoms with Gasteiger partial charge >= 0.3 is 0 Å². The molecule has 1 aromatic carbocycles. The zero-order chi connectivity index (χ0) is 17.7. The molecule has 0 aliphatic carbocycles. The molecule has 1 amide bonds. The maximum atomic E-state index is 12.4. The van der Waals surface area contributed by atoms with Crippen LogP contribution in [0.4, 0.5) is 0 Å². The molecule has 1 aromatic heterocycles. The Morgan fingerprint density at radius 1 is 1.32 bits per heavy atom. The van der Waals surface area contributed by atoms with Gasteiger partial charge in [-0.15, -0.1) is 0 Å². The zero-order valence-corrected chi connectivity index (χ0v) is 14.7. The molecule has 2 aromatic rings. The summed E-state index contributed by atoms with van der Waals surface area (Å²) in [6, 6.07) is 9.10. The molecule has 1 aliphatic rings. The molecule has 1 saturated heterocycles. The van der Waals surface area contributed by atoms with Crippen molar-refractivity contribution in [1.82, 2.24) is 19.8 Å². The molecule has 1 atom stereocenters. The van der Waals surface area contributed by atoms with Crippen molar-refractivity contribution in [2.24, 2.45) is 5.92 Å². The summed E-state index contributed by atoms with van der Waals surface area (Å²) in [6.07, 6.45) is 4.86. The number of likely N-dealkylation sites (tertiary alicyclic amines) is 1. The molecule has 134 valence electrons. The number of amides is 1. The maximum Gasteiger partial charge on any atom is 0.257 e. The molecule has 1 fully saturated rings. The fraction of sp³-hybridized carbons (Fsp3) is 0.412. The largest absolute Gasteiger partial charge is 0.338 e. The number of aromatic amines is 1. The Bertz CT molecular complexity index is 791. The van der Waals surface area contributed by atoms with E-state index in [1.807, 2.05) is 18.2 Å². The Kier molecular flexibility index (Phi) is 5.50. The molecule has 0 spiro atoms. The van der Waals surface area contributed by atoms with Gasteiger partial charge in [-0.05, 0) is 24.3 Å². The van der Waals surface area contributed by atoms with Gasteiger partial charge in [-0.3, -0.25) is 9.89 Å². The molecule has 2 N–H and O–H groups in total. The SMILES string of the molecule is O=C(c1cn[nH]c1)N1CCC[C@H](CNS(=O)(=O)Cc2ccccc2)C1. The molecule has 7 nitrogen and oxygen atoms in total. The monoisotopic (exact) mass is 362 g/mol.